The van der Waals surface area contributed by atoms with E-state index in [1.54, 1.807) is 0 Å². The van der Waals surface area contributed by atoms with Gasteiger partial charge in [-0.15, -0.1) is 0 Å². The summed E-state index contributed by atoms with van der Waals surface area (Å²) in [6.45, 7) is 6.20. The lowest BCUT2D eigenvalue weighted by Crippen LogP contribution is -2.09. The van der Waals surface area contributed by atoms with Gasteiger partial charge in [-0.05, 0) is 29.6 Å². The average molecular weight is 210 g/mol. The smallest absolute Gasteiger partial charge is 0.145 e. The summed E-state index contributed by atoms with van der Waals surface area (Å²) < 4.78 is 4.68. The highest BCUT2D eigenvalue weighted by Crippen LogP contribution is 1.89. The summed E-state index contributed by atoms with van der Waals surface area (Å²) in [5, 5.41) is 0. The summed E-state index contributed by atoms with van der Waals surface area (Å²) in [4.78, 5) is 0. The minimum Gasteiger partial charge on any atom is -0.428 e. The minimum atomic E-state index is -0.129. The van der Waals surface area contributed by atoms with Crippen molar-refractivity contribution in [2.24, 2.45) is 5.73 Å². The van der Waals surface area contributed by atoms with Crippen LogP contribution in [-0.4, -0.2) is 41.7 Å². The summed E-state index contributed by atoms with van der Waals surface area (Å²) in [6.07, 6.45) is 1.27. The van der Waals surface area contributed by atoms with Crippen LogP contribution < -0.4 is 5.73 Å². The van der Waals surface area contributed by atoms with E-state index in [4.69, 9.17) is 5.73 Å². The van der Waals surface area contributed by atoms with Crippen LogP contribution in [0.5, 0.6) is 0 Å². The lowest BCUT2D eigenvalue weighted by molar-refractivity contribution is 0.375. The van der Waals surface area contributed by atoms with Gasteiger partial charge in [-0.2, -0.15) is 0 Å². The van der Waals surface area contributed by atoms with E-state index in [9.17, 15) is 0 Å². The van der Waals surface area contributed by atoms with Crippen molar-refractivity contribution in [3.05, 3.63) is 0 Å². The van der Waals surface area contributed by atoms with Crippen molar-refractivity contribution < 1.29 is 4.43 Å². The fourth-order valence-corrected chi connectivity index (χ4v) is 2.80. The average Bonchev–Trinajstić information content (AvgIpc) is 2.01. The monoisotopic (exact) mass is 209 g/mol. The van der Waals surface area contributed by atoms with E-state index in [1.165, 1.54) is 22.2 Å². The summed E-state index contributed by atoms with van der Waals surface area (Å²) in [7, 11) is 2.23. The molecule has 70 valence electrons. The molecule has 5 heteroatoms. The van der Waals surface area contributed by atoms with Gasteiger partial charge in [0.1, 0.15) is 10.5 Å². The van der Waals surface area contributed by atoms with E-state index in [0.29, 0.717) is 0 Å². The SMILES string of the molecule is CCO[SiH3].C[SiH]([SiH3])CCCN. The molecule has 0 radical (unpaired) electrons. The van der Waals surface area contributed by atoms with Gasteiger partial charge in [-0.1, -0.05) is 12.6 Å². The fraction of sp³-hybridized carbons (Fsp3) is 1.00. The van der Waals surface area contributed by atoms with Crippen molar-refractivity contribution in [1.29, 1.82) is 0 Å². The Bertz CT molecular complexity index is 61.8. The van der Waals surface area contributed by atoms with E-state index < -0.39 is 0 Å². The normalized spacial score (nSPS) is 12.3. The van der Waals surface area contributed by atoms with Crippen molar-refractivity contribution in [1.82, 2.24) is 0 Å². The van der Waals surface area contributed by atoms with Crippen LogP contribution in [0.15, 0.2) is 0 Å². The summed E-state index contributed by atoms with van der Waals surface area (Å²) in [5.41, 5.74) is 5.31. The van der Waals surface area contributed by atoms with Gasteiger partial charge in [-0.3, -0.25) is 0 Å². The second-order valence-corrected chi connectivity index (χ2v) is 12.8. The largest absolute Gasteiger partial charge is 0.428 e. The number of nitrogens with two attached hydrogens (primary N) is 1. The van der Waals surface area contributed by atoms with Gasteiger partial charge in [0.25, 0.3) is 0 Å². The first-order valence-electron chi connectivity index (χ1n) is 4.38. The molecule has 0 aromatic rings. The van der Waals surface area contributed by atoms with Gasteiger partial charge in [0.15, 0.2) is 0 Å². The zero-order chi connectivity index (χ0) is 9.11. The highest BCUT2D eigenvalue weighted by Gasteiger charge is 1.90. The first kappa shape index (κ1) is 14.1. The van der Waals surface area contributed by atoms with Crippen molar-refractivity contribution >= 4 is 28.6 Å². The van der Waals surface area contributed by atoms with Gasteiger partial charge in [0.2, 0.25) is 0 Å². The van der Waals surface area contributed by atoms with Crippen LogP contribution in [0, 0.1) is 0 Å². The summed E-state index contributed by atoms with van der Waals surface area (Å²) >= 11 is 0. The Kier molecular flexibility index (Phi) is 16.9. The predicted molar refractivity (Wildman–Crippen MR) is 63.0 cm³/mol. The maximum absolute atomic E-state index is 5.31. The Morgan fingerprint density at radius 1 is 1.55 bits per heavy atom. The Morgan fingerprint density at radius 2 is 2.00 bits per heavy atom. The van der Waals surface area contributed by atoms with Gasteiger partial charge in [-0.25, -0.2) is 0 Å². The van der Waals surface area contributed by atoms with Crippen LogP contribution in [0.1, 0.15) is 13.3 Å². The maximum atomic E-state index is 5.31. The molecule has 1 unspecified atom stereocenters. The Morgan fingerprint density at radius 3 is 2.09 bits per heavy atom. The van der Waals surface area contributed by atoms with Crippen LogP contribution in [0.3, 0.4) is 0 Å². The highest BCUT2D eigenvalue weighted by atomic mass is 29.1. The zero-order valence-corrected chi connectivity index (χ0v) is 13.5. The van der Waals surface area contributed by atoms with Gasteiger partial charge >= 0.3 is 0 Å². The van der Waals surface area contributed by atoms with E-state index in [1.807, 2.05) is 6.92 Å². The topological polar surface area (TPSA) is 35.2 Å². The molecule has 2 nitrogen and oxygen atoms in total. The molecular weight excluding hydrogens is 186 g/mol. The third-order valence-electron chi connectivity index (χ3n) is 1.27. The molecule has 0 aliphatic rings. The van der Waals surface area contributed by atoms with E-state index in [2.05, 4.69) is 11.0 Å². The molecule has 0 aliphatic carbocycles. The molecule has 0 fully saturated rings. The third kappa shape index (κ3) is 25.0. The van der Waals surface area contributed by atoms with Crippen LogP contribution >= 0.6 is 0 Å². The molecule has 0 aromatic heterocycles. The molecule has 0 rings (SSSR count). The zero-order valence-electron chi connectivity index (χ0n) is 8.39. The second-order valence-electron chi connectivity index (χ2n) is 2.90. The molecule has 0 spiro atoms. The molecule has 11 heavy (non-hydrogen) atoms. The van der Waals surface area contributed by atoms with Gasteiger partial charge in [0.05, 0.1) is 0 Å². The van der Waals surface area contributed by atoms with E-state index in [0.717, 1.165) is 23.6 Å². The van der Waals surface area contributed by atoms with E-state index in [-0.39, 0.29) is 8.31 Å². The van der Waals surface area contributed by atoms with Gasteiger partial charge < -0.3 is 10.2 Å². The van der Waals surface area contributed by atoms with Crippen molar-refractivity contribution in [2.45, 2.75) is 25.9 Å². The first-order chi connectivity index (χ1) is 5.18. The number of hydrogen-bond acceptors (Lipinski definition) is 2. The molecular formula is C6H23NOSi3. The molecule has 2 N–H and O–H groups in total. The quantitative estimate of drug-likeness (QED) is 0.564. The Labute approximate surface area is 78.3 Å². The van der Waals surface area contributed by atoms with E-state index >= 15 is 0 Å². The molecule has 1 atom stereocenters. The number of rotatable bonds is 4. The Balaban J connectivity index is 0. The van der Waals surface area contributed by atoms with Crippen molar-refractivity contribution in [3.8, 4) is 0 Å². The lowest BCUT2D eigenvalue weighted by Gasteiger charge is -1.97. The third-order valence-corrected chi connectivity index (χ3v) is 5.15. The predicted octanol–water partition coefficient (Wildman–Crippen LogP) is -1.64. The molecule has 0 heterocycles. The molecule has 0 aliphatic heterocycles. The van der Waals surface area contributed by atoms with Crippen LogP contribution in [-0.2, 0) is 4.43 Å². The number of hydrogen-bond donors (Lipinski definition) is 1. The molecule has 0 bridgehead atoms. The maximum Gasteiger partial charge on any atom is 0.145 e. The molecule has 0 saturated heterocycles. The molecule has 0 saturated carbocycles. The molecule has 0 amide bonds. The summed E-state index contributed by atoms with van der Waals surface area (Å²) in [6, 6.07) is 1.47. The van der Waals surface area contributed by atoms with Crippen LogP contribution in [0.25, 0.3) is 0 Å². The van der Waals surface area contributed by atoms with Crippen LogP contribution in [0.4, 0.5) is 0 Å². The van der Waals surface area contributed by atoms with Crippen LogP contribution in [0.2, 0.25) is 12.6 Å². The van der Waals surface area contributed by atoms with Crippen molar-refractivity contribution in [3.63, 3.8) is 0 Å². The summed E-state index contributed by atoms with van der Waals surface area (Å²) in [5.74, 6) is 0. The minimum absolute atomic E-state index is 0.129. The standard InChI is InChI=1S/C4H15NSi2.C2H8OSi/c1-7(6)4-2-3-5;1-2-3-4/h7H,2-5H2,1,6H3;2H2,1,4H3. The van der Waals surface area contributed by atoms with Gasteiger partial charge in [0, 0.05) is 14.9 Å². The Hall–Kier alpha value is 0.571. The van der Waals surface area contributed by atoms with Crippen molar-refractivity contribution in [2.75, 3.05) is 13.2 Å². The fourth-order valence-electron chi connectivity index (χ4n) is 0.526. The lowest BCUT2D eigenvalue weighted by atomic mass is 10.5. The first-order valence-corrected chi connectivity index (χ1v) is 11.8. The highest BCUT2D eigenvalue weighted by molar-refractivity contribution is 7.02. The second kappa shape index (κ2) is 13.2. The molecule has 0 aromatic carbocycles.